The van der Waals surface area contributed by atoms with Gasteiger partial charge in [0.05, 0.1) is 13.2 Å². The van der Waals surface area contributed by atoms with Crippen molar-refractivity contribution in [1.29, 1.82) is 0 Å². The molecule has 0 saturated heterocycles. The third-order valence-electron chi connectivity index (χ3n) is 2.64. The van der Waals surface area contributed by atoms with E-state index in [9.17, 15) is 0 Å². The Hall–Kier alpha value is -1.75. The average Bonchev–Trinajstić information content (AvgIpc) is 2.69. The number of nitrogens with two attached hydrogens (primary N) is 1. The van der Waals surface area contributed by atoms with Crippen LogP contribution in [-0.4, -0.2) is 19.4 Å². The summed E-state index contributed by atoms with van der Waals surface area (Å²) in [4.78, 5) is 0. The molecule has 0 spiro atoms. The van der Waals surface area contributed by atoms with Crippen LogP contribution < -0.4 is 10.5 Å². The van der Waals surface area contributed by atoms with Crippen molar-refractivity contribution in [2.75, 3.05) is 20.0 Å². The number of rotatable bonds is 3. The minimum Gasteiger partial charge on any atom is -0.496 e. The van der Waals surface area contributed by atoms with E-state index in [1.54, 1.807) is 14.2 Å². The maximum Gasteiger partial charge on any atom is 0.233 e. The number of anilines is 1. The zero-order chi connectivity index (χ0) is 11.7. The van der Waals surface area contributed by atoms with Crippen LogP contribution >= 0.6 is 0 Å². The van der Waals surface area contributed by atoms with E-state index < -0.39 is 0 Å². The Balaban J connectivity index is 2.64. The fraction of sp³-hybridized carbons (Fsp3) is 0.364. The molecule has 0 fully saturated rings. The standard InChI is InChI=1S/C11H14N2O3/c1-6(14-2)7-4-8-10(9(5-7)15-3)11(12)16-13-8/h4-6H,12H2,1-3H3. The smallest absolute Gasteiger partial charge is 0.233 e. The van der Waals surface area contributed by atoms with Crippen LogP contribution in [0.3, 0.4) is 0 Å². The zero-order valence-electron chi connectivity index (χ0n) is 9.48. The van der Waals surface area contributed by atoms with Gasteiger partial charge in [-0.15, -0.1) is 0 Å². The number of hydrogen-bond donors (Lipinski definition) is 1. The summed E-state index contributed by atoms with van der Waals surface area (Å²) in [6.07, 6.45) is -0.0313. The van der Waals surface area contributed by atoms with Crippen LogP contribution in [0, 0.1) is 0 Å². The van der Waals surface area contributed by atoms with Crippen LogP contribution in [0.15, 0.2) is 16.7 Å². The van der Waals surface area contributed by atoms with Gasteiger partial charge >= 0.3 is 0 Å². The molecule has 0 radical (unpaired) electrons. The van der Waals surface area contributed by atoms with Gasteiger partial charge in [-0.1, -0.05) is 5.16 Å². The van der Waals surface area contributed by atoms with E-state index in [1.807, 2.05) is 19.1 Å². The van der Waals surface area contributed by atoms with Crippen molar-refractivity contribution in [3.8, 4) is 5.75 Å². The average molecular weight is 222 g/mol. The van der Waals surface area contributed by atoms with Crippen molar-refractivity contribution in [3.63, 3.8) is 0 Å². The number of hydrogen-bond acceptors (Lipinski definition) is 5. The highest BCUT2D eigenvalue weighted by Crippen LogP contribution is 2.34. The van der Waals surface area contributed by atoms with Crippen molar-refractivity contribution < 1.29 is 14.0 Å². The van der Waals surface area contributed by atoms with Gasteiger partial charge in [0.15, 0.2) is 0 Å². The van der Waals surface area contributed by atoms with E-state index in [0.717, 1.165) is 5.56 Å². The first kappa shape index (κ1) is 10.8. The van der Waals surface area contributed by atoms with Gasteiger partial charge in [0.1, 0.15) is 16.7 Å². The second kappa shape index (κ2) is 4.02. The summed E-state index contributed by atoms with van der Waals surface area (Å²) < 4.78 is 15.4. The molecule has 1 unspecified atom stereocenters. The molecular weight excluding hydrogens is 208 g/mol. The molecule has 5 nitrogen and oxygen atoms in total. The largest absolute Gasteiger partial charge is 0.496 e. The van der Waals surface area contributed by atoms with Crippen molar-refractivity contribution in [3.05, 3.63) is 17.7 Å². The Morgan fingerprint density at radius 3 is 2.75 bits per heavy atom. The second-order valence-corrected chi connectivity index (χ2v) is 3.54. The summed E-state index contributed by atoms with van der Waals surface area (Å²) in [5, 5.41) is 4.57. The fourth-order valence-electron chi connectivity index (χ4n) is 1.62. The lowest BCUT2D eigenvalue weighted by Crippen LogP contribution is -1.97. The summed E-state index contributed by atoms with van der Waals surface area (Å²) >= 11 is 0. The van der Waals surface area contributed by atoms with Crippen molar-refractivity contribution >= 4 is 16.8 Å². The number of methoxy groups -OCH3 is 2. The molecule has 16 heavy (non-hydrogen) atoms. The lowest BCUT2D eigenvalue weighted by atomic mass is 10.1. The molecule has 1 aromatic carbocycles. The van der Waals surface area contributed by atoms with Crippen molar-refractivity contribution in [1.82, 2.24) is 5.16 Å². The Bertz CT molecular complexity index is 507. The van der Waals surface area contributed by atoms with Crippen molar-refractivity contribution in [2.45, 2.75) is 13.0 Å². The molecule has 0 aliphatic heterocycles. The molecule has 2 aromatic rings. The summed E-state index contributed by atoms with van der Waals surface area (Å²) in [6, 6.07) is 3.76. The van der Waals surface area contributed by atoms with Crippen LogP contribution in [0.4, 0.5) is 5.88 Å². The lowest BCUT2D eigenvalue weighted by molar-refractivity contribution is 0.119. The Labute approximate surface area is 93.1 Å². The van der Waals surface area contributed by atoms with Gasteiger partial charge in [0.25, 0.3) is 0 Å². The predicted molar refractivity (Wildman–Crippen MR) is 60.4 cm³/mol. The summed E-state index contributed by atoms with van der Waals surface area (Å²) in [5.41, 5.74) is 7.32. The number of aromatic nitrogens is 1. The molecule has 0 bridgehead atoms. The topological polar surface area (TPSA) is 70.5 Å². The van der Waals surface area contributed by atoms with Crippen LogP contribution in [0.5, 0.6) is 5.75 Å². The van der Waals surface area contributed by atoms with E-state index in [1.165, 1.54) is 0 Å². The number of ether oxygens (including phenoxy) is 2. The van der Waals surface area contributed by atoms with E-state index in [0.29, 0.717) is 16.7 Å². The van der Waals surface area contributed by atoms with Gasteiger partial charge in [-0.3, -0.25) is 0 Å². The van der Waals surface area contributed by atoms with Crippen molar-refractivity contribution in [2.24, 2.45) is 0 Å². The summed E-state index contributed by atoms with van der Waals surface area (Å²) in [5.74, 6) is 0.915. The van der Waals surface area contributed by atoms with E-state index >= 15 is 0 Å². The molecule has 2 rings (SSSR count). The third kappa shape index (κ3) is 1.59. The SMILES string of the molecule is COc1cc(C(C)OC)cc2noc(N)c12. The molecule has 0 amide bonds. The molecule has 1 atom stereocenters. The minimum absolute atomic E-state index is 0.0313. The molecule has 1 aromatic heterocycles. The number of fused-ring (bicyclic) bond motifs is 1. The van der Waals surface area contributed by atoms with Gasteiger partial charge in [0, 0.05) is 7.11 Å². The minimum atomic E-state index is -0.0313. The first-order valence-electron chi connectivity index (χ1n) is 4.93. The first-order valence-corrected chi connectivity index (χ1v) is 4.93. The zero-order valence-corrected chi connectivity index (χ0v) is 9.48. The number of benzene rings is 1. The van der Waals surface area contributed by atoms with Gasteiger partial charge in [0.2, 0.25) is 5.88 Å². The van der Waals surface area contributed by atoms with Crippen LogP contribution in [0.25, 0.3) is 10.9 Å². The van der Waals surface area contributed by atoms with Gasteiger partial charge in [-0.25, -0.2) is 0 Å². The van der Waals surface area contributed by atoms with E-state index in [2.05, 4.69) is 5.16 Å². The highest BCUT2D eigenvalue weighted by molar-refractivity contribution is 5.93. The Kier molecular flexibility index (Phi) is 2.70. The Morgan fingerprint density at radius 1 is 1.38 bits per heavy atom. The molecule has 0 aliphatic carbocycles. The maximum atomic E-state index is 5.67. The van der Waals surface area contributed by atoms with Crippen LogP contribution in [-0.2, 0) is 4.74 Å². The van der Waals surface area contributed by atoms with E-state index in [4.69, 9.17) is 19.7 Å². The molecule has 0 aliphatic rings. The second-order valence-electron chi connectivity index (χ2n) is 3.54. The lowest BCUT2D eigenvalue weighted by Gasteiger charge is -2.11. The van der Waals surface area contributed by atoms with Crippen LogP contribution in [0.2, 0.25) is 0 Å². The maximum absolute atomic E-state index is 5.67. The van der Waals surface area contributed by atoms with Gasteiger partial charge in [-0.05, 0) is 24.6 Å². The molecule has 2 N–H and O–H groups in total. The third-order valence-corrected chi connectivity index (χ3v) is 2.64. The number of nitrogens with zero attached hydrogens (tertiary/aromatic N) is 1. The fourth-order valence-corrected chi connectivity index (χ4v) is 1.62. The molecule has 86 valence electrons. The quantitative estimate of drug-likeness (QED) is 0.861. The molecule has 1 heterocycles. The summed E-state index contributed by atoms with van der Waals surface area (Å²) in [7, 11) is 3.24. The molecular formula is C11H14N2O3. The summed E-state index contributed by atoms with van der Waals surface area (Å²) in [6.45, 7) is 1.95. The van der Waals surface area contributed by atoms with E-state index in [-0.39, 0.29) is 12.0 Å². The normalized spacial score (nSPS) is 12.9. The molecule has 5 heteroatoms. The highest BCUT2D eigenvalue weighted by atomic mass is 16.5. The van der Waals surface area contributed by atoms with Crippen LogP contribution in [0.1, 0.15) is 18.6 Å². The Morgan fingerprint density at radius 2 is 2.12 bits per heavy atom. The monoisotopic (exact) mass is 222 g/mol. The number of nitrogen functional groups attached to an aromatic ring is 1. The van der Waals surface area contributed by atoms with Gasteiger partial charge in [-0.2, -0.15) is 0 Å². The highest BCUT2D eigenvalue weighted by Gasteiger charge is 2.15. The first-order chi connectivity index (χ1) is 7.67. The molecule has 0 saturated carbocycles. The predicted octanol–water partition coefficient (Wildman–Crippen LogP) is 2.13. The van der Waals surface area contributed by atoms with Gasteiger partial charge < -0.3 is 19.7 Å².